The van der Waals surface area contributed by atoms with Crippen LogP contribution in [0.15, 0.2) is 60.7 Å². The lowest BCUT2D eigenvalue weighted by Gasteiger charge is -2.27. The predicted molar refractivity (Wildman–Crippen MR) is 115 cm³/mol. The summed E-state index contributed by atoms with van der Waals surface area (Å²) in [5.41, 5.74) is -0.261. The van der Waals surface area contributed by atoms with Crippen LogP contribution >= 0.6 is 23.8 Å². The highest BCUT2D eigenvalue weighted by atomic mass is 35.5. The molecule has 0 atom stereocenters. The summed E-state index contributed by atoms with van der Waals surface area (Å²) in [6, 6.07) is 10.4. The molecule has 0 unspecified atom stereocenters. The lowest BCUT2D eigenvalue weighted by Crippen LogP contribution is -2.53. The molecule has 0 spiro atoms. The fourth-order valence-corrected chi connectivity index (χ4v) is 3.01. The van der Waals surface area contributed by atoms with Gasteiger partial charge in [0.1, 0.15) is 11.3 Å². The van der Waals surface area contributed by atoms with E-state index < -0.39 is 16.7 Å². The summed E-state index contributed by atoms with van der Waals surface area (Å²) in [6.07, 6.45) is 2.72. The first-order chi connectivity index (χ1) is 14.3. The maximum absolute atomic E-state index is 12.6. The molecule has 1 aliphatic rings. The van der Waals surface area contributed by atoms with Crippen molar-refractivity contribution in [2.24, 2.45) is 0 Å². The number of amides is 2. The number of rotatable bonds is 6. The van der Waals surface area contributed by atoms with E-state index >= 15 is 0 Å². The Kier molecular flexibility index (Phi) is 6.24. The molecule has 2 amide bonds. The van der Waals surface area contributed by atoms with Crippen LogP contribution in [0.25, 0.3) is 6.08 Å². The van der Waals surface area contributed by atoms with Crippen LogP contribution in [-0.2, 0) is 9.59 Å². The van der Waals surface area contributed by atoms with Crippen molar-refractivity contribution in [3.8, 4) is 11.5 Å². The van der Waals surface area contributed by atoms with Gasteiger partial charge in [-0.3, -0.25) is 29.9 Å². The van der Waals surface area contributed by atoms with Crippen molar-refractivity contribution in [1.29, 1.82) is 0 Å². The Morgan fingerprint density at radius 2 is 1.93 bits per heavy atom. The van der Waals surface area contributed by atoms with Crippen LogP contribution in [0.2, 0.25) is 5.02 Å². The van der Waals surface area contributed by atoms with Gasteiger partial charge in [0, 0.05) is 17.6 Å². The van der Waals surface area contributed by atoms with E-state index in [1.165, 1.54) is 35.3 Å². The Bertz CT molecular complexity index is 1100. The standard InChI is InChI=1S/C20H14ClN3O5S/c1-2-9-23-19(26)15(18(25)22-20(23)30)10-12-3-8-17(16(11-12)24(27)28)29-14-6-4-13(21)5-7-14/h2-8,10-11H,1,9H2,(H,22,25,30). The minimum Gasteiger partial charge on any atom is -0.450 e. The van der Waals surface area contributed by atoms with Crippen molar-refractivity contribution >= 4 is 52.5 Å². The number of carbonyl (C=O) groups excluding carboxylic acids is 2. The van der Waals surface area contributed by atoms with Gasteiger partial charge in [-0.25, -0.2) is 0 Å². The van der Waals surface area contributed by atoms with Gasteiger partial charge >= 0.3 is 5.69 Å². The second kappa shape index (κ2) is 8.85. The van der Waals surface area contributed by atoms with Crippen molar-refractivity contribution in [2.75, 3.05) is 6.54 Å². The van der Waals surface area contributed by atoms with E-state index in [1.54, 1.807) is 24.3 Å². The fraction of sp³-hybridized carbons (Fsp3) is 0.0500. The highest BCUT2D eigenvalue weighted by Crippen LogP contribution is 2.33. The molecule has 30 heavy (non-hydrogen) atoms. The summed E-state index contributed by atoms with van der Waals surface area (Å²) in [4.78, 5) is 36.9. The van der Waals surface area contributed by atoms with E-state index in [9.17, 15) is 19.7 Å². The number of ether oxygens (including phenoxy) is 1. The maximum Gasteiger partial charge on any atom is 0.312 e. The average molecular weight is 444 g/mol. The third kappa shape index (κ3) is 4.53. The number of nitrogens with zero attached hydrogens (tertiary/aromatic N) is 2. The van der Waals surface area contributed by atoms with Gasteiger partial charge in [-0.05, 0) is 54.2 Å². The molecule has 0 aromatic heterocycles. The lowest BCUT2D eigenvalue weighted by atomic mass is 10.1. The van der Waals surface area contributed by atoms with Gasteiger partial charge in [0.15, 0.2) is 5.11 Å². The Balaban J connectivity index is 1.95. The molecule has 0 saturated carbocycles. The fourth-order valence-electron chi connectivity index (χ4n) is 2.64. The molecule has 152 valence electrons. The monoisotopic (exact) mass is 443 g/mol. The topological polar surface area (TPSA) is 102 Å². The summed E-state index contributed by atoms with van der Waals surface area (Å²) in [5.74, 6) is -0.940. The van der Waals surface area contributed by atoms with Crippen molar-refractivity contribution in [1.82, 2.24) is 10.2 Å². The SMILES string of the molecule is C=CCN1C(=O)C(=Cc2ccc(Oc3ccc(Cl)cc3)c([N+](=O)[O-])c2)C(=O)NC1=S. The first-order valence-electron chi connectivity index (χ1n) is 8.52. The number of nitro groups is 1. The minimum atomic E-state index is -0.686. The molecule has 3 rings (SSSR count). The van der Waals surface area contributed by atoms with E-state index in [0.29, 0.717) is 10.8 Å². The number of nitro benzene ring substituents is 1. The number of hydrogen-bond donors (Lipinski definition) is 1. The summed E-state index contributed by atoms with van der Waals surface area (Å²) in [6.45, 7) is 3.66. The molecular weight excluding hydrogens is 430 g/mol. The number of halogens is 1. The van der Waals surface area contributed by atoms with E-state index in [2.05, 4.69) is 11.9 Å². The highest BCUT2D eigenvalue weighted by molar-refractivity contribution is 7.80. The third-order valence-electron chi connectivity index (χ3n) is 4.03. The van der Waals surface area contributed by atoms with Gasteiger partial charge in [0.25, 0.3) is 11.8 Å². The maximum atomic E-state index is 12.6. The zero-order chi connectivity index (χ0) is 21.8. The third-order valence-corrected chi connectivity index (χ3v) is 4.60. The number of hydrogen-bond acceptors (Lipinski definition) is 6. The molecule has 2 aromatic rings. The number of thiocarbonyl (C=S) groups is 1. The van der Waals surface area contributed by atoms with Crippen molar-refractivity contribution in [3.05, 3.63) is 81.4 Å². The van der Waals surface area contributed by atoms with Gasteiger partial charge in [0.05, 0.1) is 4.92 Å². The lowest BCUT2D eigenvalue weighted by molar-refractivity contribution is -0.385. The van der Waals surface area contributed by atoms with Gasteiger partial charge in [-0.2, -0.15) is 0 Å². The molecule has 0 radical (unpaired) electrons. The molecule has 8 nitrogen and oxygen atoms in total. The zero-order valence-corrected chi connectivity index (χ0v) is 16.9. The molecule has 2 aromatic carbocycles. The number of benzene rings is 2. The largest absolute Gasteiger partial charge is 0.450 e. The van der Waals surface area contributed by atoms with Crippen LogP contribution in [0.1, 0.15) is 5.56 Å². The van der Waals surface area contributed by atoms with Crippen LogP contribution < -0.4 is 10.1 Å². The first-order valence-corrected chi connectivity index (χ1v) is 9.30. The van der Waals surface area contributed by atoms with Gasteiger partial charge < -0.3 is 4.74 Å². The Morgan fingerprint density at radius 1 is 1.23 bits per heavy atom. The van der Waals surface area contributed by atoms with Gasteiger partial charge in [-0.1, -0.05) is 23.7 Å². The van der Waals surface area contributed by atoms with Crippen LogP contribution in [-0.4, -0.2) is 33.3 Å². The van der Waals surface area contributed by atoms with E-state index in [0.717, 1.165) is 0 Å². The Morgan fingerprint density at radius 3 is 2.57 bits per heavy atom. The van der Waals surface area contributed by atoms with Gasteiger partial charge in [0.2, 0.25) is 5.75 Å². The summed E-state index contributed by atoms with van der Waals surface area (Å²) in [7, 11) is 0. The molecule has 10 heteroatoms. The minimum absolute atomic E-state index is 0.00152. The quantitative estimate of drug-likeness (QED) is 0.182. The second-order valence-electron chi connectivity index (χ2n) is 6.06. The molecule has 1 saturated heterocycles. The number of nitrogens with one attached hydrogen (secondary N) is 1. The molecule has 0 aliphatic carbocycles. The molecule has 1 fully saturated rings. The summed E-state index contributed by atoms with van der Waals surface area (Å²) < 4.78 is 5.57. The Hall–Kier alpha value is -3.56. The van der Waals surface area contributed by atoms with Crippen LogP contribution in [0, 0.1) is 10.1 Å². The van der Waals surface area contributed by atoms with E-state index in [-0.39, 0.29) is 34.2 Å². The van der Waals surface area contributed by atoms with Crippen molar-refractivity contribution in [3.63, 3.8) is 0 Å². The normalized spacial score (nSPS) is 15.2. The summed E-state index contributed by atoms with van der Waals surface area (Å²) in [5, 5.41) is 14.4. The molecule has 1 heterocycles. The molecule has 1 N–H and O–H groups in total. The van der Waals surface area contributed by atoms with Crippen LogP contribution in [0.4, 0.5) is 5.69 Å². The second-order valence-corrected chi connectivity index (χ2v) is 6.89. The highest BCUT2D eigenvalue weighted by Gasteiger charge is 2.32. The first kappa shape index (κ1) is 21.2. The molecule has 1 aliphatic heterocycles. The zero-order valence-electron chi connectivity index (χ0n) is 15.3. The predicted octanol–water partition coefficient (Wildman–Crippen LogP) is 3.85. The van der Waals surface area contributed by atoms with Crippen LogP contribution in [0.3, 0.4) is 0 Å². The van der Waals surface area contributed by atoms with Crippen LogP contribution in [0.5, 0.6) is 11.5 Å². The molecule has 0 bridgehead atoms. The van der Waals surface area contributed by atoms with Gasteiger partial charge in [-0.15, -0.1) is 6.58 Å². The van der Waals surface area contributed by atoms with Crippen molar-refractivity contribution in [2.45, 2.75) is 0 Å². The Labute approximate surface area is 181 Å². The smallest absolute Gasteiger partial charge is 0.312 e. The van der Waals surface area contributed by atoms with Crippen molar-refractivity contribution < 1.29 is 19.2 Å². The average Bonchev–Trinajstić information content (AvgIpc) is 2.71. The van der Waals surface area contributed by atoms with E-state index in [1.807, 2.05) is 0 Å². The summed E-state index contributed by atoms with van der Waals surface area (Å²) >= 11 is 10.8. The molecular formula is C20H14ClN3O5S. The number of carbonyl (C=O) groups is 2. The van der Waals surface area contributed by atoms with E-state index in [4.69, 9.17) is 28.6 Å².